The molecule has 1 N–H and O–H groups in total. The number of halogens is 1. The number of aromatic nitrogens is 3. The summed E-state index contributed by atoms with van der Waals surface area (Å²) in [6.45, 7) is -0.210. The first-order chi connectivity index (χ1) is 16.5. The SMILES string of the molecule is [2H]C([2H])(c1c(C)nc2n(c1=O)CCC[C@H]2O)C([2H])([2H])N1CCC(c2noc3cc(F)ccc23)CC1. The number of likely N-dealkylation sites (tertiary alicyclic amines) is 1. The highest BCUT2D eigenvalue weighted by Gasteiger charge is 2.26. The molecular weight excluding hydrogens is 399 g/mol. The summed E-state index contributed by atoms with van der Waals surface area (Å²) in [6, 6.07) is 4.25. The first-order valence-corrected chi connectivity index (χ1v) is 10.6. The van der Waals surface area contributed by atoms with Crippen molar-refractivity contribution in [3.05, 3.63) is 57.1 Å². The van der Waals surface area contributed by atoms with Gasteiger partial charge in [0.05, 0.1) is 5.69 Å². The Labute approximate surface area is 185 Å². The van der Waals surface area contributed by atoms with Crippen LogP contribution >= 0.6 is 0 Å². The fourth-order valence-corrected chi connectivity index (χ4v) is 4.49. The van der Waals surface area contributed by atoms with E-state index in [1.54, 1.807) is 6.07 Å². The van der Waals surface area contributed by atoms with Gasteiger partial charge in [-0.3, -0.25) is 9.36 Å². The van der Waals surface area contributed by atoms with Crippen molar-refractivity contribution in [1.29, 1.82) is 0 Å². The zero-order valence-electron chi connectivity index (χ0n) is 21.3. The predicted octanol–water partition coefficient (Wildman–Crippen LogP) is 3.08. The molecule has 2 aliphatic rings. The number of fused-ring (bicyclic) bond motifs is 2. The van der Waals surface area contributed by atoms with E-state index in [-0.39, 0.29) is 36.1 Å². The lowest BCUT2D eigenvalue weighted by molar-refractivity contribution is 0.129. The molecule has 0 spiro atoms. The van der Waals surface area contributed by atoms with Crippen LogP contribution in [0.15, 0.2) is 27.5 Å². The minimum Gasteiger partial charge on any atom is -0.385 e. The van der Waals surface area contributed by atoms with Crippen LogP contribution in [0.3, 0.4) is 0 Å². The average Bonchev–Trinajstić information content (AvgIpc) is 3.22. The molecule has 0 aliphatic carbocycles. The monoisotopic (exact) mass is 430 g/mol. The van der Waals surface area contributed by atoms with Gasteiger partial charge in [0.2, 0.25) is 0 Å². The summed E-state index contributed by atoms with van der Waals surface area (Å²) >= 11 is 0. The van der Waals surface area contributed by atoms with Crippen molar-refractivity contribution in [1.82, 2.24) is 19.6 Å². The molecule has 0 amide bonds. The van der Waals surface area contributed by atoms with Crippen molar-refractivity contribution in [2.45, 2.75) is 57.5 Å². The molecule has 1 aromatic carbocycles. The third kappa shape index (κ3) is 3.78. The zero-order chi connectivity index (χ0) is 25.1. The van der Waals surface area contributed by atoms with E-state index in [1.165, 1.54) is 28.5 Å². The molecule has 0 unspecified atom stereocenters. The van der Waals surface area contributed by atoms with Gasteiger partial charge in [-0.2, -0.15) is 0 Å². The maximum Gasteiger partial charge on any atom is 0.257 e. The smallest absolute Gasteiger partial charge is 0.257 e. The van der Waals surface area contributed by atoms with Crippen LogP contribution in [0.2, 0.25) is 0 Å². The van der Waals surface area contributed by atoms with Crippen molar-refractivity contribution >= 4 is 11.0 Å². The van der Waals surface area contributed by atoms with E-state index in [2.05, 4.69) is 10.1 Å². The minimum atomic E-state index is -2.64. The Morgan fingerprint density at radius 2 is 2.10 bits per heavy atom. The van der Waals surface area contributed by atoms with Crippen molar-refractivity contribution in [3.63, 3.8) is 0 Å². The molecule has 31 heavy (non-hydrogen) atoms. The Hall–Kier alpha value is -2.58. The molecular formula is C23H27FN4O3. The fourth-order valence-electron chi connectivity index (χ4n) is 4.49. The fraction of sp³-hybridized carbons (Fsp3) is 0.522. The van der Waals surface area contributed by atoms with E-state index >= 15 is 0 Å². The van der Waals surface area contributed by atoms with Gasteiger partial charge in [-0.1, -0.05) is 5.16 Å². The number of aliphatic hydroxyl groups is 1. The van der Waals surface area contributed by atoms with Gasteiger partial charge in [-0.25, -0.2) is 9.37 Å². The maximum absolute atomic E-state index is 13.5. The summed E-state index contributed by atoms with van der Waals surface area (Å²) in [5, 5.41) is 15.1. The number of piperidine rings is 1. The molecule has 4 heterocycles. The van der Waals surface area contributed by atoms with Crippen LogP contribution in [0, 0.1) is 12.7 Å². The lowest BCUT2D eigenvalue weighted by atomic mass is 9.91. The van der Waals surface area contributed by atoms with Gasteiger partial charge >= 0.3 is 0 Å². The van der Waals surface area contributed by atoms with Gasteiger partial charge in [0.25, 0.3) is 5.56 Å². The topological polar surface area (TPSA) is 84.4 Å². The Morgan fingerprint density at radius 1 is 1.29 bits per heavy atom. The van der Waals surface area contributed by atoms with Crippen LogP contribution in [0.4, 0.5) is 4.39 Å². The molecule has 2 aromatic heterocycles. The Balaban J connectivity index is 1.40. The van der Waals surface area contributed by atoms with Gasteiger partial charge in [-0.05, 0) is 64.2 Å². The van der Waals surface area contributed by atoms with Crippen LogP contribution in [0.5, 0.6) is 0 Å². The van der Waals surface area contributed by atoms with Crippen molar-refractivity contribution in [2.24, 2.45) is 0 Å². The summed E-state index contributed by atoms with van der Waals surface area (Å²) < 4.78 is 55.0. The molecule has 5 rings (SSSR count). The summed E-state index contributed by atoms with van der Waals surface area (Å²) in [7, 11) is 0. The van der Waals surface area contributed by atoms with E-state index < -0.39 is 30.4 Å². The number of hydrogen-bond acceptors (Lipinski definition) is 6. The summed E-state index contributed by atoms with van der Waals surface area (Å²) in [4.78, 5) is 19.0. The third-order valence-corrected chi connectivity index (χ3v) is 6.22. The van der Waals surface area contributed by atoms with E-state index in [0.717, 1.165) is 0 Å². The molecule has 1 fully saturated rings. The lowest BCUT2D eigenvalue weighted by Crippen LogP contribution is -2.37. The Kier molecular flexibility index (Phi) is 4.24. The first-order valence-electron chi connectivity index (χ1n) is 12.6. The molecule has 164 valence electrons. The van der Waals surface area contributed by atoms with E-state index in [9.17, 15) is 14.3 Å². The van der Waals surface area contributed by atoms with Crippen LogP contribution in [0.1, 0.15) is 66.0 Å². The molecule has 3 aromatic rings. The molecule has 2 aliphatic heterocycles. The summed E-state index contributed by atoms with van der Waals surface area (Å²) in [5.41, 5.74) is 0.181. The molecule has 7 nitrogen and oxygen atoms in total. The zero-order valence-corrected chi connectivity index (χ0v) is 17.3. The van der Waals surface area contributed by atoms with Crippen LogP contribution in [-0.2, 0) is 12.9 Å². The largest absolute Gasteiger partial charge is 0.385 e. The van der Waals surface area contributed by atoms with Crippen molar-refractivity contribution < 1.29 is 19.5 Å². The Bertz CT molecular complexity index is 1330. The van der Waals surface area contributed by atoms with Crippen molar-refractivity contribution in [2.75, 3.05) is 19.6 Å². The van der Waals surface area contributed by atoms with E-state index in [0.29, 0.717) is 48.9 Å². The Morgan fingerprint density at radius 3 is 2.90 bits per heavy atom. The van der Waals surface area contributed by atoms with Crippen LogP contribution < -0.4 is 5.56 Å². The predicted molar refractivity (Wildman–Crippen MR) is 114 cm³/mol. The van der Waals surface area contributed by atoms with Gasteiger partial charge in [0.1, 0.15) is 17.7 Å². The number of rotatable bonds is 4. The molecule has 1 atom stereocenters. The molecule has 8 heteroatoms. The maximum atomic E-state index is 13.5. The molecule has 0 saturated carbocycles. The second kappa shape index (κ2) is 8.16. The highest BCUT2D eigenvalue weighted by molar-refractivity contribution is 5.79. The number of nitrogens with zero attached hydrogens (tertiary/aromatic N) is 4. The lowest BCUT2D eigenvalue weighted by Gasteiger charge is -2.31. The van der Waals surface area contributed by atoms with Crippen molar-refractivity contribution in [3.8, 4) is 0 Å². The first kappa shape index (κ1) is 16.1. The highest BCUT2D eigenvalue weighted by Crippen LogP contribution is 2.32. The number of aliphatic hydroxyl groups excluding tert-OH is 1. The van der Waals surface area contributed by atoms with Gasteiger partial charge in [-0.15, -0.1) is 0 Å². The number of benzene rings is 1. The second-order valence-electron chi connectivity index (χ2n) is 8.25. The number of aryl methyl sites for hydroxylation is 1. The number of hydrogen-bond donors (Lipinski definition) is 1. The quantitative estimate of drug-likeness (QED) is 0.685. The van der Waals surface area contributed by atoms with Crippen LogP contribution in [0.25, 0.3) is 11.0 Å². The van der Waals surface area contributed by atoms with Gasteiger partial charge < -0.3 is 14.5 Å². The van der Waals surface area contributed by atoms with E-state index in [4.69, 9.17) is 10.0 Å². The summed E-state index contributed by atoms with van der Waals surface area (Å²) in [6.07, 6.45) is -1.50. The molecule has 1 saturated heterocycles. The van der Waals surface area contributed by atoms with Gasteiger partial charge in [0.15, 0.2) is 5.58 Å². The summed E-state index contributed by atoms with van der Waals surface area (Å²) in [5.74, 6) is -0.249. The molecule has 0 bridgehead atoms. The van der Waals surface area contributed by atoms with E-state index in [1.807, 2.05) is 0 Å². The molecule has 0 radical (unpaired) electrons. The van der Waals surface area contributed by atoms with Gasteiger partial charge in [0, 0.05) is 47.2 Å². The standard InChI is InChI=1S/C23H27FN4O3/c1-14-17(23(30)28-9-2-3-19(29)22(28)25-14)8-12-27-10-6-15(7-11-27)21-18-5-4-16(24)13-20(18)31-26-21/h4-5,13,15,19,29H,2-3,6-12H2,1H3/t19-/m1/s1/i8D2,12D2. The van der Waals surface area contributed by atoms with Crippen LogP contribution in [-0.4, -0.2) is 44.3 Å². The second-order valence-corrected chi connectivity index (χ2v) is 8.25. The minimum absolute atomic E-state index is 0.0427. The average molecular weight is 431 g/mol. The normalized spacial score (nSPS) is 23.1. The highest BCUT2D eigenvalue weighted by atomic mass is 19.1. The third-order valence-electron chi connectivity index (χ3n) is 6.22.